The highest BCUT2D eigenvalue weighted by Gasteiger charge is 2.50. The van der Waals surface area contributed by atoms with Crippen LogP contribution in [0.5, 0.6) is 0 Å². The fraction of sp³-hybridized carbons (Fsp3) is 0.583. The highest BCUT2D eigenvalue weighted by Crippen LogP contribution is 2.43. The maximum atomic E-state index is 12.2. The topological polar surface area (TPSA) is 94.3 Å². The average molecular weight is 285 g/mol. The molecule has 0 aliphatic heterocycles. The van der Waals surface area contributed by atoms with Crippen LogP contribution < -0.4 is 10.5 Å². The summed E-state index contributed by atoms with van der Waals surface area (Å²) in [6.07, 6.45) is 2.12. The summed E-state index contributed by atoms with van der Waals surface area (Å²) in [6, 6.07) is 2.64. The van der Waals surface area contributed by atoms with Gasteiger partial charge in [0, 0.05) is 30.8 Å². The van der Waals surface area contributed by atoms with Crippen LogP contribution in [0.25, 0.3) is 0 Å². The molecule has 1 saturated carbocycles. The first kappa shape index (κ1) is 14.2. The van der Waals surface area contributed by atoms with Gasteiger partial charge >= 0.3 is 0 Å². The Labute approximate surface area is 113 Å². The number of nitrogens with zero attached hydrogens (tertiary/aromatic N) is 1. The van der Waals surface area contributed by atoms with E-state index in [1.54, 1.807) is 7.11 Å². The van der Waals surface area contributed by atoms with Crippen LogP contribution in [0.1, 0.15) is 20.3 Å². The van der Waals surface area contributed by atoms with Crippen LogP contribution in [0.15, 0.2) is 23.2 Å². The fourth-order valence-electron chi connectivity index (χ4n) is 2.34. The van der Waals surface area contributed by atoms with E-state index in [9.17, 15) is 8.42 Å². The molecule has 2 rings (SSSR count). The third-order valence-corrected chi connectivity index (χ3v) is 5.29. The maximum absolute atomic E-state index is 12.2. The molecule has 0 saturated heterocycles. The van der Waals surface area contributed by atoms with Crippen molar-refractivity contribution in [2.75, 3.05) is 12.8 Å². The predicted octanol–water partition coefficient (Wildman–Crippen LogP) is 0.756. The number of hydrogen-bond donors (Lipinski definition) is 2. The van der Waals surface area contributed by atoms with Crippen LogP contribution in [0.4, 0.5) is 5.82 Å². The summed E-state index contributed by atoms with van der Waals surface area (Å²) >= 11 is 0. The third-order valence-electron chi connectivity index (χ3n) is 3.82. The minimum atomic E-state index is -3.57. The van der Waals surface area contributed by atoms with Crippen LogP contribution in [0.3, 0.4) is 0 Å². The molecule has 0 radical (unpaired) electrons. The van der Waals surface area contributed by atoms with Crippen LogP contribution in [-0.2, 0) is 14.8 Å². The number of anilines is 1. The van der Waals surface area contributed by atoms with E-state index in [1.165, 1.54) is 18.3 Å². The second kappa shape index (κ2) is 4.73. The van der Waals surface area contributed by atoms with Gasteiger partial charge < -0.3 is 10.5 Å². The first-order chi connectivity index (χ1) is 8.77. The lowest BCUT2D eigenvalue weighted by molar-refractivity contribution is -0.0908. The van der Waals surface area contributed by atoms with E-state index in [-0.39, 0.29) is 28.3 Å². The van der Waals surface area contributed by atoms with Gasteiger partial charge in [-0.25, -0.2) is 18.1 Å². The van der Waals surface area contributed by atoms with Crippen molar-refractivity contribution in [1.82, 2.24) is 9.71 Å². The monoisotopic (exact) mass is 285 g/mol. The minimum absolute atomic E-state index is 0.0720. The number of sulfonamides is 1. The molecule has 2 unspecified atom stereocenters. The molecule has 0 spiro atoms. The van der Waals surface area contributed by atoms with E-state index >= 15 is 0 Å². The van der Waals surface area contributed by atoms with E-state index in [1.807, 2.05) is 13.8 Å². The summed E-state index contributed by atoms with van der Waals surface area (Å²) in [5, 5.41) is 0. The number of nitrogens with two attached hydrogens (primary N) is 1. The molecule has 1 aromatic heterocycles. The zero-order chi connectivity index (χ0) is 14.3. The molecule has 7 heteroatoms. The van der Waals surface area contributed by atoms with Gasteiger partial charge in [-0.1, -0.05) is 13.8 Å². The highest BCUT2D eigenvalue weighted by molar-refractivity contribution is 7.89. The first-order valence-electron chi connectivity index (χ1n) is 6.04. The summed E-state index contributed by atoms with van der Waals surface area (Å²) in [5.74, 6) is 0.186. The Hall–Kier alpha value is -1.18. The molecule has 6 nitrogen and oxygen atoms in total. The molecule has 1 fully saturated rings. The summed E-state index contributed by atoms with van der Waals surface area (Å²) in [4.78, 5) is 3.92. The number of aromatic nitrogens is 1. The highest BCUT2D eigenvalue weighted by atomic mass is 32.2. The lowest BCUT2D eigenvalue weighted by Gasteiger charge is -2.50. The fourth-order valence-corrected chi connectivity index (χ4v) is 3.76. The van der Waals surface area contributed by atoms with Gasteiger partial charge in [-0.2, -0.15) is 0 Å². The molecule has 2 atom stereocenters. The van der Waals surface area contributed by atoms with Gasteiger partial charge in [-0.3, -0.25) is 0 Å². The SMILES string of the molecule is COC1CC(NS(=O)(=O)c2ccnc(N)c2)C1(C)C. The Bertz CT molecular complexity index is 571. The molecule has 19 heavy (non-hydrogen) atoms. The number of nitrogen functional groups attached to an aromatic ring is 1. The molecule has 1 heterocycles. The van der Waals surface area contributed by atoms with Crippen molar-refractivity contribution in [3.05, 3.63) is 18.3 Å². The van der Waals surface area contributed by atoms with Crippen LogP contribution in [-0.4, -0.2) is 32.7 Å². The normalized spacial score (nSPS) is 25.8. The Morgan fingerprint density at radius 3 is 2.74 bits per heavy atom. The van der Waals surface area contributed by atoms with Crippen molar-refractivity contribution in [3.63, 3.8) is 0 Å². The van der Waals surface area contributed by atoms with Crippen LogP contribution >= 0.6 is 0 Å². The Morgan fingerprint density at radius 1 is 1.53 bits per heavy atom. The van der Waals surface area contributed by atoms with Gasteiger partial charge in [0.1, 0.15) is 5.82 Å². The lowest BCUT2D eigenvalue weighted by atomic mass is 9.65. The largest absolute Gasteiger partial charge is 0.384 e. The van der Waals surface area contributed by atoms with Crippen molar-refractivity contribution in [2.45, 2.75) is 37.3 Å². The lowest BCUT2D eigenvalue weighted by Crippen LogP contribution is -2.61. The standard InChI is InChI=1S/C12H19N3O3S/c1-12(2)9(7-10(12)18-3)15-19(16,17)8-4-5-14-11(13)6-8/h4-6,9-10,15H,7H2,1-3H3,(H2,13,14). The number of rotatable bonds is 4. The molecule has 0 bridgehead atoms. The van der Waals surface area contributed by atoms with Crippen LogP contribution in [0, 0.1) is 5.41 Å². The summed E-state index contributed by atoms with van der Waals surface area (Å²) < 4.78 is 32.5. The van der Waals surface area contributed by atoms with Gasteiger partial charge in [0.2, 0.25) is 10.0 Å². The van der Waals surface area contributed by atoms with E-state index in [2.05, 4.69) is 9.71 Å². The number of pyridine rings is 1. The molecule has 0 amide bonds. The van der Waals surface area contributed by atoms with Gasteiger partial charge in [-0.05, 0) is 12.5 Å². The average Bonchev–Trinajstić information content (AvgIpc) is 2.34. The van der Waals surface area contributed by atoms with Crippen LogP contribution in [0.2, 0.25) is 0 Å². The van der Waals surface area contributed by atoms with Crippen molar-refractivity contribution in [3.8, 4) is 0 Å². The third kappa shape index (κ3) is 2.58. The Kier molecular flexibility index (Phi) is 3.55. The molecule has 106 valence electrons. The number of nitrogens with one attached hydrogen (secondary N) is 1. The number of hydrogen-bond acceptors (Lipinski definition) is 5. The van der Waals surface area contributed by atoms with Crippen molar-refractivity contribution in [1.29, 1.82) is 0 Å². The minimum Gasteiger partial charge on any atom is -0.384 e. The van der Waals surface area contributed by atoms with Gasteiger partial charge in [0.05, 0.1) is 11.0 Å². The quantitative estimate of drug-likeness (QED) is 0.851. The van der Waals surface area contributed by atoms with E-state index in [0.29, 0.717) is 6.42 Å². The molecule has 1 aliphatic rings. The summed E-state index contributed by atoms with van der Waals surface area (Å²) in [7, 11) is -1.93. The van der Waals surface area contributed by atoms with Crippen molar-refractivity contribution in [2.24, 2.45) is 5.41 Å². The second-order valence-electron chi connectivity index (χ2n) is 5.37. The maximum Gasteiger partial charge on any atom is 0.241 e. The predicted molar refractivity (Wildman–Crippen MR) is 72.0 cm³/mol. The van der Waals surface area contributed by atoms with Crippen molar-refractivity contribution < 1.29 is 13.2 Å². The first-order valence-corrected chi connectivity index (χ1v) is 7.52. The Balaban J connectivity index is 2.16. The summed E-state index contributed by atoms with van der Waals surface area (Å²) in [6.45, 7) is 3.97. The number of ether oxygens (including phenoxy) is 1. The molecule has 1 aliphatic carbocycles. The molecule has 3 N–H and O–H groups in total. The zero-order valence-electron chi connectivity index (χ0n) is 11.3. The van der Waals surface area contributed by atoms with Gasteiger partial charge in [0.25, 0.3) is 0 Å². The van der Waals surface area contributed by atoms with E-state index in [0.717, 1.165) is 0 Å². The molecular formula is C12H19N3O3S. The smallest absolute Gasteiger partial charge is 0.241 e. The molecule has 0 aromatic carbocycles. The van der Waals surface area contributed by atoms with E-state index < -0.39 is 10.0 Å². The Morgan fingerprint density at radius 2 is 2.21 bits per heavy atom. The van der Waals surface area contributed by atoms with Gasteiger partial charge in [-0.15, -0.1) is 0 Å². The van der Waals surface area contributed by atoms with E-state index in [4.69, 9.17) is 10.5 Å². The van der Waals surface area contributed by atoms with Crippen molar-refractivity contribution >= 4 is 15.8 Å². The second-order valence-corrected chi connectivity index (χ2v) is 7.09. The zero-order valence-corrected chi connectivity index (χ0v) is 12.1. The number of methoxy groups -OCH3 is 1. The van der Waals surface area contributed by atoms with Gasteiger partial charge in [0.15, 0.2) is 0 Å². The molecule has 1 aromatic rings. The summed E-state index contributed by atoms with van der Waals surface area (Å²) in [5.41, 5.74) is 5.28. The molecular weight excluding hydrogens is 266 g/mol.